The van der Waals surface area contributed by atoms with E-state index in [4.69, 9.17) is 0 Å². The topological polar surface area (TPSA) is 111 Å². The average molecular weight is 344 g/mol. The molecule has 0 unspecified atom stereocenters. The Morgan fingerprint density at radius 2 is 1.68 bits per heavy atom. The summed E-state index contributed by atoms with van der Waals surface area (Å²) in [5.41, 5.74) is 0.701. The molecular formula is C12H16N4O4S2. The van der Waals surface area contributed by atoms with E-state index in [0.29, 0.717) is 5.56 Å². The highest BCUT2D eigenvalue weighted by molar-refractivity contribution is 7.93. The molecule has 0 spiro atoms. The van der Waals surface area contributed by atoms with Crippen molar-refractivity contribution < 1.29 is 16.8 Å². The zero-order valence-corrected chi connectivity index (χ0v) is 14.2. The number of aromatic nitrogens is 3. The lowest BCUT2D eigenvalue weighted by Gasteiger charge is -2.13. The fourth-order valence-corrected chi connectivity index (χ4v) is 4.54. The van der Waals surface area contributed by atoms with Crippen LogP contribution in [0.15, 0.2) is 28.3 Å². The molecule has 1 N–H and O–H groups in total. The van der Waals surface area contributed by atoms with Crippen molar-refractivity contribution in [2.75, 3.05) is 11.0 Å². The smallest absolute Gasteiger partial charge is 0.247 e. The van der Waals surface area contributed by atoms with Crippen LogP contribution in [0.4, 0.5) is 5.95 Å². The number of benzene rings is 1. The molecule has 0 saturated heterocycles. The molecule has 1 heterocycles. The molecule has 0 aliphatic rings. The van der Waals surface area contributed by atoms with E-state index in [-0.39, 0.29) is 21.3 Å². The summed E-state index contributed by atoms with van der Waals surface area (Å²) >= 11 is 0. The Bertz CT molecular complexity index is 930. The molecule has 0 aliphatic carbocycles. The Morgan fingerprint density at radius 1 is 1.09 bits per heavy atom. The zero-order valence-electron chi connectivity index (χ0n) is 12.5. The summed E-state index contributed by atoms with van der Waals surface area (Å²) in [7, 11) is -5.98. The van der Waals surface area contributed by atoms with E-state index >= 15 is 0 Å². The van der Waals surface area contributed by atoms with Gasteiger partial charge in [-0.05, 0) is 37.1 Å². The molecule has 22 heavy (non-hydrogen) atoms. The monoisotopic (exact) mass is 344 g/mol. The van der Waals surface area contributed by atoms with Crippen LogP contribution in [0.1, 0.15) is 11.1 Å². The summed E-state index contributed by atoms with van der Waals surface area (Å²) < 4.78 is 52.2. The van der Waals surface area contributed by atoms with Crippen molar-refractivity contribution in [1.29, 1.82) is 0 Å². The van der Waals surface area contributed by atoms with Crippen molar-refractivity contribution >= 4 is 25.8 Å². The highest BCUT2D eigenvalue weighted by atomic mass is 32.2. The van der Waals surface area contributed by atoms with E-state index in [1.165, 1.54) is 37.1 Å². The fraction of sp³-hybridized carbons (Fsp3) is 0.333. The standard InChI is InChI=1S/C12H16N4O4S2/c1-8-5-10(21(4,17)18)9(2)11(6-8)22(19,20)15-12-13-7-14-16(12)3/h5-7H,1-4H3,(H,13,14,15). The Hall–Kier alpha value is -1.94. The molecule has 0 amide bonds. The molecule has 0 saturated carbocycles. The minimum absolute atomic E-state index is 0.00848. The van der Waals surface area contributed by atoms with Crippen LogP contribution in [0.3, 0.4) is 0 Å². The summed E-state index contributed by atoms with van der Waals surface area (Å²) in [5, 5.41) is 3.77. The number of sulfonamides is 1. The second-order valence-corrected chi connectivity index (χ2v) is 8.61. The molecule has 0 bridgehead atoms. The fourth-order valence-electron chi connectivity index (χ4n) is 2.02. The van der Waals surface area contributed by atoms with Crippen LogP contribution in [-0.2, 0) is 26.9 Å². The molecular weight excluding hydrogens is 328 g/mol. The quantitative estimate of drug-likeness (QED) is 0.871. The lowest BCUT2D eigenvalue weighted by molar-refractivity contribution is 0.597. The van der Waals surface area contributed by atoms with Gasteiger partial charge in [-0.2, -0.15) is 10.1 Å². The van der Waals surface area contributed by atoms with Gasteiger partial charge in [0.1, 0.15) is 6.33 Å². The Morgan fingerprint density at radius 3 is 2.18 bits per heavy atom. The molecule has 120 valence electrons. The maximum Gasteiger partial charge on any atom is 0.264 e. The first-order chi connectivity index (χ1) is 10.0. The van der Waals surface area contributed by atoms with Crippen LogP contribution in [-0.4, -0.2) is 37.9 Å². The lowest BCUT2D eigenvalue weighted by Crippen LogP contribution is -2.18. The third-order valence-corrected chi connectivity index (χ3v) is 5.76. The van der Waals surface area contributed by atoms with Gasteiger partial charge in [-0.25, -0.2) is 26.2 Å². The van der Waals surface area contributed by atoms with Crippen molar-refractivity contribution in [3.8, 4) is 0 Å². The number of rotatable bonds is 4. The molecule has 0 radical (unpaired) electrons. The molecule has 0 atom stereocenters. The van der Waals surface area contributed by atoms with Gasteiger partial charge in [-0.1, -0.05) is 0 Å². The van der Waals surface area contributed by atoms with E-state index in [1.807, 2.05) is 0 Å². The maximum absolute atomic E-state index is 12.5. The van der Waals surface area contributed by atoms with Crippen LogP contribution in [0.2, 0.25) is 0 Å². The molecule has 1 aromatic heterocycles. The molecule has 0 aliphatic heterocycles. The number of anilines is 1. The van der Waals surface area contributed by atoms with E-state index in [2.05, 4.69) is 14.8 Å². The molecule has 1 aromatic carbocycles. The maximum atomic E-state index is 12.5. The minimum atomic E-state index is -3.98. The first-order valence-corrected chi connectivity index (χ1v) is 9.58. The second-order valence-electron chi connectivity index (χ2n) is 4.97. The van der Waals surface area contributed by atoms with Gasteiger partial charge in [-0.15, -0.1) is 0 Å². The highest BCUT2D eigenvalue weighted by Gasteiger charge is 2.24. The molecule has 8 nitrogen and oxygen atoms in total. The summed E-state index contributed by atoms with van der Waals surface area (Å²) in [6, 6.07) is 2.87. The first kappa shape index (κ1) is 16.4. The Kier molecular flexibility index (Phi) is 4.00. The van der Waals surface area contributed by atoms with Crippen LogP contribution >= 0.6 is 0 Å². The number of hydrogen-bond acceptors (Lipinski definition) is 6. The molecule has 10 heteroatoms. The van der Waals surface area contributed by atoms with E-state index in [0.717, 1.165) is 6.26 Å². The zero-order chi connectivity index (χ0) is 16.7. The predicted octanol–water partition coefficient (Wildman–Crippen LogP) is 0.636. The average Bonchev–Trinajstić information content (AvgIpc) is 2.75. The summed E-state index contributed by atoms with van der Waals surface area (Å²) in [5.74, 6) is 0.0433. The van der Waals surface area contributed by atoms with Crippen LogP contribution in [0.5, 0.6) is 0 Å². The van der Waals surface area contributed by atoms with E-state index in [1.54, 1.807) is 6.92 Å². The van der Waals surface area contributed by atoms with Gasteiger partial charge in [0, 0.05) is 13.3 Å². The van der Waals surface area contributed by atoms with Gasteiger partial charge in [0.2, 0.25) is 5.95 Å². The van der Waals surface area contributed by atoms with Crippen LogP contribution in [0.25, 0.3) is 0 Å². The van der Waals surface area contributed by atoms with E-state index in [9.17, 15) is 16.8 Å². The molecule has 0 fully saturated rings. The number of hydrogen-bond donors (Lipinski definition) is 1. The van der Waals surface area contributed by atoms with Crippen LogP contribution in [0, 0.1) is 13.8 Å². The first-order valence-electron chi connectivity index (χ1n) is 6.20. The van der Waals surface area contributed by atoms with Gasteiger partial charge in [0.25, 0.3) is 10.0 Å². The Balaban J connectivity index is 2.62. The number of sulfone groups is 1. The molecule has 2 rings (SSSR count). The second kappa shape index (κ2) is 5.36. The third-order valence-electron chi connectivity index (χ3n) is 3.08. The summed E-state index contributed by atoms with van der Waals surface area (Å²) in [6.07, 6.45) is 2.25. The lowest BCUT2D eigenvalue weighted by atomic mass is 10.2. The summed E-state index contributed by atoms with van der Waals surface area (Å²) in [4.78, 5) is 3.68. The number of nitrogens with one attached hydrogen (secondary N) is 1. The minimum Gasteiger partial charge on any atom is -0.247 e. The number of aryl methyl sites for hydroxylation is 2. The van der Waals surface area contributed by atoms with Gasteiger partial charge in [0.05, 0.1) is 9.79 Å². The van der Waals surface area contributed by atoms with Crippen molar-refractivity contribution in [2.45, 2.75) is 23.6 Å². The Labute approximate surface area is 129 Å². The van der Waals surface area contributed by atoms with Crippen molar-refractivity contribution in [3.05, 3.63) is 29.6 Å². The van der Waals surface area contributed by atoms with Crippen molar-refractivity contribution in [3.63, 3.8) is 0 Å². The van der Waals surface area contributed by atoms with Crippen LogP contribution < -0.4 is 4.72 Å². The molecule has 2 aromatic rings. The normalized spacial score (nSPS) is 12.4. The SMILES string of the molecule is Cc1cc(S(C)(=O)=O)c(C)c(S(=O)(=O)Nc2ncnn2C)c1. The van der Waals surface area contributed by atoms with Gasteiger partial charge >= 0.3 is 0 Å². The summed E-state index contributed by atoms with van der Waals surface area (Å²) in [6.45, 7) is 3.09. The van der Waals surface area contributed by atoms with Gasteiger partial charge in [-0.3, -0.25) is 0 Å². The van der Waals surface area contributed by atoms with E-state index < -0.39 is 19.9 Å². The van der Waals surface area contributed by atoms with Gasteiger partial charge in [0.15, 0.2) is 9.84 Å². The number of nitrogens with zero attached hydrogens (tertiary/aromatic N) is 3. The van der Waals surface area contributed by atoms with Gasteiger partial charge < -0.3 is 0 Å². The van der Waals surface area contributed by atoms with Crippen molar-refractivity contribution in [1.82, 2.24) is 14.8 Å². The largest absolute Gasteiger partial charge is 0.264 e. The predicted molar refractivity (Wildman–Crippen MR) is 80.8 cm³/mol. The third kappa shape index (κ3) is 3.12. The van der Waals surface area contributed by atoms with Crippen molar-refractivity contribution in [2.24, 2.45) is 7.05 Å². The highest BCUT2D eigenvalue weighted by Crippen LogP contribution is 2.26.